The largest absolute Gasteiger partial charge is 0.463 e. The van der Waals surface area contributed by atoms with Gasteiger partial charge >= 0.3 is 18.2 Å². The fourth-order valence-electron chi connectivity index (χ4n) is 7.12. The molecule has 3 aromatic carbocycles. The molecule has 0 spiro atoms. The topological polar surface area (TPSA) is 133 Å². The number of nitriles is 1. The molecule has 3 aliphatic rings. The van der Waals surface area contributed by atoms with Crippen LogP contribution in [0.3, 0.4) is 0 Å². The SMILES string of the molecule is CC(C)(C)OC(=O)NCC1(COc2nc3c(c(N4CCN(C(=O)OCc5ccccc5)[C@@H](CC#N)C4)n2)CCN(c2cccc4ccccc24)C3)CC1. The number of hydrogen-bond donors (Lipinski definition) is 1. The van der Waals surface area contributed by atoms with Gasteiger partial charge in [0.1, 0.15) is 18.0 Å². The van der Waals surface area contributed by atoms with E-state index >= 15 is 0 Å². The van der Waals surface area contributed by atoms with Crippen LogP contribution in [0.1, 0.15) is 56.9 Å². The van der Waals surface area contributed by atoms with Gasteiger partial charge in [0, 0.05) is 54.8 Å². The van der Waals surface area contributed by atoms with Gasteiger partial charge in [-0.3, -0.25) is 0 Å². The summed E-state index contributed by atoms with van der Waals surface area (Å²) in [7, 11) is 0. The summed E-state index contributed by atoms with van der Waals surface area (Å²) in [5, 5.41) is 15.1. The van der Waals surface area contributed by atoms with Gasteiger partial charge in [0.15, 0.2) is 0 Å². The van der Waals surface area contributed by atoms with Gasteiger partial charge in [-0.05, 0) is 57.0 Å². The summed E-state index contributed by atoms with van der Waals surface area (Å²) >= 11 is 0. The van der Waals surface area contributed by atoms with E-state index in [0.717, 1.165) is 54.1 Å². The lowest BCUT2D eigenvalue weighted by molar-refractivity contribution is 0.0508. The number of rotatable bonds is 10. The zero-order chi connectivity index (χ0) is 37.0. The molecule has 1 aromatic heterocycles. The molecule has 12 heteroatoms. The summed E-state index contributed by atoms with van der Waals surface area (Å²) in [5.74, 6) is 0.777. The van der Waals surface area contributed by atoms with E-state index in [1.165, 1.54) is 10.8 Å². The van der Waals surface area contributed by atoms with Gasteiger partial charge in [-0.25, -0.2) is 9.59 Å². The highest BCUT2D eigenvalue weighted by atomic mass is 16.6. The zero-order valence-corrected chi connectivity index (χ0v) is 30.7. The predicted octanol–water partition coefficient (Wildman–Crippen LogP) is 6.62. The van der Waals surface area contributed by atoms with Crippen LogP contribution in [0.4, 0.5) is 21.1 Å². The smallest absolute Gasteiger partial charge is 0.410 e. The van der Waals surface area contributed by atoms with Gasteiger partial charge in [0.05, 0.1) is 37.4 Å². The summed E-state index contributed by atoms with van der Waals surface area (Å²) in [5.41, 5.74) is 3.21. The molecule has 1 aliphatic carbocycles. The number of anilines is 2. The van der Waals surface area contributed by atoms with Crippen molar-refractivity contribution in [3.8, 4) is 12.1 Å². The molecule has 1 atom stereocenters. The van der Waals surface area contributed by atoms with E-state index in [2.05, 4.69) is 63.7 Å². The molecule has 0 unspecified atom stereocenters. The van der Waals surface area contributed by atoms with Crippen LogP contribution in [0.2, 0.25) is 0 Å². The lowest BCUT2D eigenvalue weighted by atomic mass is 10.0. The number of benzene rings is 3. The molecular weight excluding hydrogens is 670 g/mol. The predicted molar refractivity (Wildman–Crippen MR) is 202 cm³/mol. The Balaban J connectivity index is 1.12. The Morgan fingerprint density at radius 2 is 1.74 bits per heavy atom. The number of piperazine rings is 1. The Hall–Kier alpha value is -5.57. The molecular formula is C41H47N7O5. The third kappa shape index (κ3) is 8.57. The van der Waals surface area contributed by atoms with Gasteiger partial charge in [-0.2, -0.15) is 15.2 Å². The van der Waals surface area contributed by atoms with E-state index in [-0.39, 0.29) is 30.5 Å². The van der Waals surface area contributed by atoms with Gasteiger partial charge in [-0.1, -0.05) is 66.7 Å². The van der Waals surface area contributed by atoms with Crippen molar-refractivity contribution in [1.82, 2.24) is 20.2 Å². The first kappa shape index (κ1) is 35.8. The van der Waals surface area contributed by atoms with Crippen molar-refractivity contribution in [1.29, 1.82) is 5.26 Å². The summed E-state index contributed by atoms with van der Waals surface area (Å²) in [6.07, 6.45) is 1.83. The molecule has 2 amide bonds. The highest BCUT2D eigenvalue weighted by Gasteiger charge is 2.44. The minimum Gasteiger partial charge on any atom is -0.463 e. The average molecular weight is 718 g/mol. The molecule has 53 heavy (non-hydrogen) atoms. The maximum atomic E-state index is 13.3. The minimum atomic E-state index is -0.579. The number of carbonyl (C=O) groups excluding carboxylic acids is 2. The monoisotopic (exact) mass is 717 g/mol. The number of carbonyl (C=O) groups is 2. The van der Waals surface area contributed by atoms with Crippen molar-refractivity contribution >= 4 is 34.5 Å². The standard InChI is InChI=1S/C41H47N7O5/c1-40(2,3)53-38(49)43-27-41(18-19-41)28-52-37-44-34-25-46(35-15-9-13-30-12-7-8-14-32(30)35)21-17-33(34)36(45-37)47-22-23-48(31(24-47)16-20-42)39(50)51-26-29-10-5-4-6-11-29/h4-15,31H,16-19,21-28H2,1-3H3,(H,43,49)/t31-/m0/s1. The number of amides is 2. The second-order valence-electron chi connectivity index (χ2n) is 15.3. The molecule has 2 aliphatic heterocycles. The van der Waals surface area contributed by atoms with E-state index in [0.29, 0.717) is 39.3 Å². The lowest BCUT2D eigenvalue weighted by Crippen LogP contribution is -2.55. The minimum absolute atomic E-state index is 0.162. The number of ether oxygens (including phenoxy) is 3. The molecule has 1 saturated heterocycles. The third-order valence-corrected chi connectivity index (χ3v) is 10.2. The second-order valence-corrected chi connectivity index (χ2v) is 15.3. The number of hydrogen-bond acceptors (Lipinski definition) is 10. The molecule has 0 radical (unpaired) electrons. The van der Waals surface area contributed by atoms with Crippen molar-refractivity contribution in [2.24, 2.45) is 5.41 Å². The molecule has 7 rings (SSSR count). The Kier molecular flexibility index (Phi) is 10.3. The van der Waals surface area contributed by atoms with Gasteiger partial charge in [0.2, 0.25) is 0 Å². The number of alkyl carbamates (subject to hydrolysis) is 1. The second kappa shape index (κ2) is 15.2. The van der Waals surface area contributed by atoms with Crippen LogP contribution < -0.4 is 19.9 Å². The highest BCUT2D eigenvalue weighted by Crippen LogP contribution is 2.45. The van der Waals surface area contributed by atoms with Crippen LogP contribution in [0, 0.1) is 16.7 Å². The van der Waals surface area contributed by atoms with Crippen LogP contribution in [-0.2, 0) is 29.0 Å². The van der Waals surface area contributed by atoms with Crippen molar-refractivity contribution in [2.45, 2.75) is 71.2 Å². The fraction of sp³-hybridized carbons (Fsp3) is 0.439. The van der Waals surface area contributed by atoms with E-state index in [4.69, 9.17) is 24.2 Å². The van der Waals surface area contributed by atoms with Crippen molar-refractivity contribution in [3.05, 3.63) is 89.6 Å². The average Bonchev–Trinajstić information content (AvgIpc) is 3.94. The van der Waals surface area contributed by atoms with Gasteiger partial charge < -0.3 is 34.2 Å². The van der Waals surface area contributed by atoms with Crippen LogP contribution in [0.25, 0.3) is 10.8 Å². The molecule has 4 aromatic rings. The van der Waals surface area contributed by atoms with E-state index < -0.39 is 17.8 Å². The van der Waals surface area contributed by atoms with Crippen LogP contribution in [-0.4, -0.2) is 78.0 Å². The van der Waals surface area contributed by atoms with Crippen molar-refractivity contribution in [2.75, 3.05) is 49.1 Å². The quantitative estimate of drug-likeness (QED) is 0.191. The van der Waals surface area contributed by atoms with Crippen molar-refractivity contribution in [3.63, 3.8) is 0 Å². The Bertz CT molecular complexity index is 1980. The highest BCUT2D eigenvalue weighted by molar-refractivity contribution is 5.94. The zero-order valence-electron chi connectivity index (χ0n) is 30.7. The van der Waals surface area contributed by atoms with Crippen LogP contribution in [0.5, 0.6) is 6.01 Å². The summed E-state index contributed by atoms with van der Waals surface area (Å²) < 4.78 is 17.5. The Morgan fingerprint density at radius 1 is 0.962 bits per heavy atom. The number of nitrogens with zero attached hydrogens (tertiary/aromatic N) is 6. The summed E-state index contributed by atoms with van der Waals surface area (Å²) in [6, 6.07) is 26.5. The summed E-state index contributed by atoms with van der Waals surface area (Å²) in [4.78, 5) is 41.9. The van der Waals surface area contributed by atoms with Gasteiger partial charge in [-0.15, -0.1) is 0 Å². The first-order chi connectivity index (χ1) is 25.6. The third-order valence-electron chi connectivity index (χ3n) is 10.2. The Labute approximate surface area is 310 Å². The molecule has 3 heterocycles. The number of nitrogens with one attached hydrogen (secondary N) is 1. The van der Waals surface area contributed by atoms with Crippen LogP contribution in [0.15, 0.2) is 72.8 Å². The molecule has 0 bridgehead atoms. The van der Waals surface area contributed by atoms with E-state index in [9.17, 15) is 14.9 Å². The Morgan fingerprint density at radius 3 is 2.51 bits per heavy atom. The molecule has 1 saturated carbocycles. The number of fused-ring (bicyclic) bond motifs is 2. The fourth-order valence-corrected chi connectivity index (χ4v) is 7.12. The molecule has 276 valence electrons. The lowest BCUT2D eigenvalue weighted by Gasteiger charge is -2.42. The van der Waals surface area contributed by atoms with E-state index in [1.807, 2.05) is 51.1 Å². The van der Waals surface area contributed by atoms with Crippen molar-refractivity contribution < 1.29 is 23.8 Å². The number of aromatic nitrogens is 2. The van der Waals surface area contributed by atoms with Crippen LogP contribution >= 0.6 is 0 Å². The maximum Gasteiger partial charge on any atom is 0.410 e. The summed E-state index contributed by atoms with van der Waals surface area (Å²) in [6.45, 7) is 9.17. The molecule has 2 fully saturated rings. The molecule has 12 nitrogen and oxygen atoms in total. The molecule has 1 N–H and O–H groups in total. The van der Waals surface area contributed by atoms with Gasteiger partial charge in [0.25, 0.3) is 0 Å². The first-order valence-corrected chi connectivity index (χ1v) is 18.4. The first-order valence-electron chi connectivity index (χ1n) is 18.4. The normalized spacial score (nSPS) is 17.8. The van der Waals surface area contributed by atoms with E-state index in [1.54, 1.807) is 4.90 Å². The maximum absolute atomic E-state index is 13.3.